The lowest BCUT2D eigenvalue weighted by Crippen LogP contribution is -2.00. The van der Waals surface area contributed by atoms with Crippen molar-refractivity contribution in [3.8, 4) is 5.69 Å². The number of anilines is 1. The maximum absolute atomic E-state index is 11.2. The number of hydrogen-bond acceptors (Lipinski definition) is 3. The molecular formula is C20H17ClIN3O2. The second kappa shape index (κ2) is 8.14. The fraction of sp³-hybridized carbons (Fsp3) is 0.100. The van der Waals surface area contributed by atoms with Gasteiger partial charge in [-0.2, -0.15) is 5.10 Å². The number of aryl methyl sites for hydroxylation is 1. The highest BCUT2D eigenvalue weighted by Gasteiger charge is 2.10. The van der Waals surface area contributed by atoms with E-state index in [1.807, 2.05) is 13.8 Å². The number of carbonyl (C=O) groups is 1. The summed E-state index contributed by atoms with van der Waals surface area (Å²) < 4.78 is 3.36. The average Bonchev–Trinajstić information content (AvgIpc) is 2.91. The second-order valence-corrected chi connectivity index (χ2v) is 7.66. The molecule has 138 valence electrons. The SMILES string of the molecule is Cc1cc(/C=N/Nc2ccc(Cl)c(C(=O)O)c2)c(C)n1-c1ccc(I)cc1. The number of benzene rings is 2. The predicted octanol–water partition coefficient (Wildman–Crippen LogP) is 5.50. The third-order valence-corrected chi connectivity index (χ3v) is 5.20. The maximum Gasteiger partial charge on any atom is 0.337 e. The zero-order chi connectivity index (χ0) is 19.6. The number of aromatic nitrogens is 1. The zero-order valence-corrected chi connectivity index (χ0v) is 17.6. The van der Waals surface area contributed by atoms with Crippen LogP contribution >= 0.6 is 34.2 Å². The van der Waals surface area contributed by atoms with Crippen molar-refractivity contribution in [2.24, 2.45) is 5.10 Å². The quantitative estimate of drug-likeness (QED) is 0.280. The van der Waals surface area contributed by atoms with Crippen LogP contribution in [0.3, 0.4) is 0 Å². The Morgan fingerprint density at radius 1 is 1.19 bits per heavy atom. The number of halogens is 2. The first-order valence-electron chi connectivity index (χ1n) is 8.13. The van der Waals surface area contributed by atoms with Gasteiger partial charge < -0.3 is 9.67 Å². The Labute approximate surface area is 175 Å². The number of aromatic carboxylic acids is 1. The molecule has 2 aromatic carbocycles. The smallest absolute Gasteiger partial charge is 0.337 e. The lowest BCUT2D eigenvalue weighted by molar-refractivity contribution is 0.0697. The van der Waals surface area contributed by atoms with E-state index in [4.69, 9.17) is 16.7 Å². The third kappa shape index (κ3) is 4.33. The number of nitrogens with zero attached hydrogens (tertiary/aromatic N) is 2. The molecule has 0 aliphatic heterocycles. The van der Waals surface area contributed by atoms with Gasteiger partial charge in [0.25, 0.3) is 0 Å². The van der Waals surface area contributed by atoms with Crippen LogP contribution in [0.1, 0.15) is 27.3 Å². The van der Waals surface area contributed by atoms with Crippen molar-refractivity contribution in [1.29, 1.82) is 0 Å². The largest absolute Gasteiger partial charge is 0.478 e. The number of rotatable bonds is 5. The van der Waals surface area contributed by atoms with E-state index in [9.17, 15) is 4.79 Å². The van der Waals surface area contributed by atoms with Crippen molar-refractivity contribution in [3.63, 3.8) is 0 Å². The highest BCUT2D eigenvalue weighted by molar-refractivity contribution is 14.1. The van der Waals surface area contributed by atoms with Crippen molar-refractivity contribution >= 4 is 52.1 Å². The summed E-state index contributed by atoms with van der Waals surface area (Å²) in [5.74, 6) is -1.08. The summed E-state index contributed by atoms with van der Waals surface area (Å²) in [4.78, 5) is 11.2. The molecule has 0 saturated carbocycles. The van der Waals surface area contributed by atoms with Crippen molar-refractivity contribution in [1.82, 2.24) is 4.57 Å². The third-order valence-electron chi connectivity index (χ3n) is 4.15. The van der Waals surface area contributed by atoms with E-state index in [0.717, 1.165) is 22.6 Å². The van der Waals surface area contributed by atoms with Gasteiger partial charge in [-0.15, -0.1) is 0 Å². The standard InChI is InChI=1S/C20H17ClIN3O2/c1-12-9-14(13(2)25(12)17-6-3-15(22)4-7-17)11-23-24-16-5-8-19(21)18(10-16)20(26)27/h3-11,24H,1-2H3,(H,26,27)/b23-11+. The first kappa shape index (κ1) is 19.4. The van der Waals surface area contributed by atoms with Crippen molar-refractivity contribution < 1.29 is 9.90 Å². The molecule has 0 radical (unpaired) electrons. The fourth-order valence-corrected chi connectivity index (χ4v) is 3.40. The Hall–Kier alpha value is -2.32. The molecule has 2 N–H and O–H groups in total. The van der Waals surface area contributed by atoms with Crippen molar-refractivity contribution in [3.05, 3.63) is 79.6 Å². The van der Waals surface area contributed by atoms with Gasteiger partial charge >= 0.3 is 5.97 Å². The molecule has 27 heavy (non-hydrogen) atoms. The number of carboxylic acid groups (broad SMARTS) is 1. The molecule has 0 fully saturated rings. The molecule has 0 unspecified atom stereocenters. The number of carboxylic acids is 1. The summed E-state index contributed by atoms with van der Waals surface area (Å²) in [6, 6.07) is 15.0. The van der Waals surface area contributed by atoms with Crippen LogP contribution < -0.4 is 5.43 Å². The summed E-state index contributed by atoms with van der Waals surface area (Å²) in [6.45, 7) is 4.09. The minimum Gasteiger partial charge on any atom is -0.478 e. The summed E-state index contributed by atoms with van der Waals surface area (Å²) in [5, 5.41) is 13.6. The Morgan fingerprint density at radius 3 is 2.56 bits per heavy atom. The molecular weight excluding hydrogens is 477 g/mol. The minimum absolute atomic E-state index is 0.0359. The molecule has 7 heteroatoms. The monoisotopic (exact) mass is 493 g/mol. The molecule has 0 bridgehead atoms. The molecule has 3 aromatic rings. The fourth-order valence-electron chi connectivity index (χ4n) is 2.84. The first-order chi connectivity index (χ1) is 12.9. The molecule has 0 saturated heterocycles. The van der Waals surface area contributed by atoms with E-state index >= 15 is 0 Å². The average molecular weight is 494 g/mol. The Bertz CT molecular complexity index is 1030. The second-order valence-electron chi connectivity index (χ2n) is 6.01. The van der Waals surface area contributed by atoms with E-state index in [1.54, 1.807) is 12.3 Å². The van der Waals surface area contributed by atoms with Gasteiger partial charge in [0.2, 0.25) is 0 Å². The van der Waals surface area contributed by atoms with E-state index < -0.39 is 5.97 Å². The zero-order valence-electron chi connectivity index (χ0n) is 14.7. The molecule has 1 aromatic heterocycles. The highest BCUT2D eigenvalue weighted by atomic mass is 127. The number of hydrazone groups is 1. The van der Waals surface area contributed by atoms with Crippen molar-refractivity contribution in [2.75, 3.05) is 5.43 Å². The van der Waals surface area contributed by atoms with Crippen molar-refractivity contribution in [2.45, 2.75) is 13.8 Å². The van der Waals surface area contributed by atoms with E-state index in [2.05, 4.69) is 68.0 Å². The van der Waals surface area contributed by atoms with Gasteiger partial charge in [0.05, 0.1) is 22.5 Å². The van der Waals surface area contributed by atoms with Gasteiger partial charge in [0.15, 0.2) is 0 Å². The van der Waals surface area contributed by atoms with E-state index in [1.165, 1.54) is 15.7 Å². The van der Waals surface area contributed by atoms with Crippen LogP contribution in [-0.2, 0) is 0 Å². The molecule has 3 rings (SSSR count). The Kier molecular flexibility index (Phi) is 5.86. The van der Waals surface area contributed by atoms with Crippen LogP contribution in [0.4, 0.5) is 5.69 Å². The highest BCUT2D eigenvalue weighted by Crippen LogP contribution is 2.22. The van der Waals surface area contributed by atoms with Crippen LogP contribution in [-0.4, -0.2) is 21.9 Å². The van der Waals surface area contributed by atoms with Crippen LogP contribution in [0.15, 0.2) is 53.6 Å². The Balaban J connectivity index is 1.82. The molecule has 0 amide bonds. The lowest BCUT2D eigenvalue weighted by atomic mass is 10.2. The summed E-state index contributed by atoms with van der Waals surface area (Å²) in [7, 11) is 0. The summed E-state index contributed by atoms with van der Waals surface area (Å²) in [5.41, 5.74) is 7.70. The molecule has 1 heterocycles. The predicted molar refractivity (Wildman–Crippen MR) is 118 cm³/mol. The Morgan fingerprint density at radius 2 is 1.89 bits per heavy atom. The van der Waals surface area contributed by atoms with Crippen LogP contribution in [0.25, 0.3) is 5.69 Å². The van der Waals surface area contributed by atoms with Crippen LogP contribution in [0.2, 0.25) is 5.02 Å². The lowest BCUT2D eigenvalue weighted by Gasteiger charge is -2.09. The molecule has 0 aliphatic carbocycles. The van der Waals surface area contributed by atoms with Gasteiger partial charge in [0, 0.05) is 26.2 Å². The van der Waals surface area contributed by atoms with Gasteiger partial charge in [-0.25, -0.2) is 4.79 Å². The number of hydrogen-bond donors (Lipinski definition) is 2. The summed E-state index contributed by atoms with van der Waals surface area (Å²) >= 11 is 8.17. The normalized spacial score (nSPS) is 11.1. The van der Waals surface area contributed by atoms with Gasteiger partial charge in [-0.3, -0.25) is 5.43 Å². The van der Waals surface area contributed by atoms with Gasteiger partial charge in [-0.05, 0) is 85.0 Å². The molecule has 0 atom stereocenters. The van der Waals surface area contributed by atoms with Crippen LogP contribution in [0.5, 0.6) is 0 Å². The first-order valence-corrected chi connectivity index (χ1v) is 9.59. The molecule has 0 aliphatic rings. The minimum atomic E-state index is -1.08. The topological polar surface area (TPSA) is 66.6 Å². The van der Waals surface area contributed by atoms with Gasteiger partial charge in [-0.1, -0.05) is 11.6 Å². The molecule has 5 nitrogen and oxygen atoms in total. The van der Waals surface area contributed by atoms with Gasteiger partial charge in [0.1, 0.15) is 0 Å². The maximum atomic E-state index is 11.2. The van der Waals surface area contributed by atoms with E-state index in [-0.39, 0.29) is 10.6 Å². The van der Waals surface area contributed by atoms with E-state index in [0.29, 0.717) is 5.69 Å². The van der Waals surface area contributed by atoms with Crippen LogP contribution in [0, 0.1) is 17.4 Å². The number of nitrogens with one attached hydrogen (secondary N) is 1. The molecule has 0 spiro atoms. The summed E-state index contributed by atoms with van der Waals surface area (Å²) in [6.07, 6.45) is 1.72.